The van der Waals surface area contributed by atoms with Gasteiger partial charge in [0, 0.05) is 18.7 Å². The van der Waals surface area contributed by atoms with E-state index in [4.69, 9.17) is 10.1 Å². The van der Waals surface area contributed by atoms with Crippen LogP contribution in [0.1, 0.15) is 18.9 Å². The van der Waals surface area contributed by atoms with E-state index < -0.39 is 0 Å². The van der Waals surface area contributed by atoms with E-state index in [1.54, 1.807) is 0 Å². The first-order valence-corrected chi connectivity index (χ1v) is 5.81. The number of nitrogens with zero attached hydrogens (tertiary/aromatic N) is 1. The summed E-state index contributed by atoms with van der Waals surface area (Å²) in [6.07, 6.45) is 1.29. The van der Waals surface area contributed by atoms with Gasteiger partial charge in [-0.15, -0.1) is 0 Å². The maximum atomic E-state index is 8.16. The van der Waals surface area contributed by atoms with E-state index in [0.29, 0.717) is 5.84 Å². The number of hydrogen-bond acceptors (Lipinski definition) is 2. The third-order valence-corrected chi connectivity index (χ3v) is 2.96. The predicted molar refractivity (Wildman–Crippen MR) is 64.9 cm³/mol. The fourth-order valence-electron chi connectivity index (χ4n) is 1.95. The van der Waals surface area contributed by atoms with Gasteiger partial charge in [0.05, 0.1) is 12.7 Å². The fourth-order valence-corrected chi connectivity index (χ4v) is 1.95. The normalized spacial score (nSPS) is 20.8. The third-order valence-electron chi connectivity index (χ3n) is 2.96. The van der Waals surface area contributed by atoms with Gasteiger partial charge in [-0.25, -0.2) is 0 Å². The fraction of sp³-hybridized carbons (Fsp3) is 0.462. The van der Waals surface area contributed by atoms with Crippen molar-refractivity contribution in [3.63, 3.8) is 0 Å². The second kappa shape index (κ2) is 5.12. The molecule has 1 N–H and O–H groups in total. The number of benzene rings is 1. The molecule has 1 unspecified atom stereocenters. The number of hydrogen-bond donors (Lipinski definition) is 1. The second-order valence-corrected chi connectivity index (χ2v) is 4.06. The first-order valence-electron chi connectivity index (χ1n) is 5.81. The third kappa shape index (κ3) is 2.42. The molecule has 3 heteroatoms. The molecule has 1 aromatic carbocycles. The zero-order valence-corrected chi connectivity index (χ0v) is 9.65. The average Bonchev–Trinajstić information content (AvgIpc) is 2.39. The van der Waals surface area contributed by atoms with Crippen molar-refractivity contribution in [1.82, 2.24) is 4.90 Å². The SMILES string of the molecule is CCC1CN(C(=N)c2ccccc2)CCO1. The van der Waals surface area contributed by atoms with Crippen molar-refractivity contribution in [2.24, 2.45) is 0 Å². The highest BCUT2D eigenvalue weighted by Crippen LogP contribution is 2.12. The molecule has 1 aliphatic heterocycles. The summed E-state index contributed by atoms with van der Waals surface area (Å²) in [6.45, 7) is 4.52. The Balaban J connectivity index is 2.05. The van der Waals surface area contributed by atoms with E-state index in [0.717, 1.165) is 31.7 Å². The Morgan fingerprint density at radius 1 is 1.44 bits per heavy atom. The molecule has 0 bridgehead atoms. The van der Waals surface area contributed by atoms with Gasteiger partial charge in [0.1, 0.15) is 5.84 Å². The lowest BCUT2D eigenvalue weighted by Gasteiger charge is -2.34. The molecule has 1 aromatic rings. The molecule has 0 radical (unpaired) electrons. The summed E-state index contributed by atoms with van der Waals surface area (Å²) in [5, 5.41) is 8.16. The highest BCUT2D eigenvalue weighted by Gasteiger charge is 2.21. The molecule has 3 nitrogen and oxygen atoms in total. The minimum absolute atomic E-state index is 0.276. The van der Waals surface area contributed by atoms with Crippen molar-refractivity contribution in [3.8, 4) is 0 Å². The lowest BCUT2D eigenvalue weighted by molar-refractivity contribution is -0.00704. The van der Waals surface area contributed by atoms with E-state index in [9.17, 15) is 0 Å². The quantitative estimate of drug-likeness (QED) is 0.609. The van der Waals surface area contributed by atoms with Crippen LogP contribution >= 0.6 is 0 Å². The smallest absolute Gasteiger partial charge is 0.128 e. The number of rotatable bonds is 2. The Hall–Kier alpha value is -1.35. The molecule has 1 aliphatic rings. The van der Waals surface area contributed by atoms with Crippen molar-refractivity contribution >= 4 is 5.84 Å². The largest absolute Gasteiger partial charge is 0.375 e. The van der Waals surface area contributed by atoms with Gasteiger partial charge in [-0.1, -0.05) is 37.3 Å². The van der Waals surface area contributed by atoms with Gasteiger partial charge in [0.2, 0.25) is 0 Å². The van der Waals surface area contributed by atoms with Crippen molar-refractivity contribution in [1.29, 1.82) is 5.41 Å². The molecule has 16 heavy (non-hydrogen) atoms. The Morgan fingerprint density at radius 3 is 2.88 bits per heavy atom. The van der Waals surface area contributed by atoms with Crippen LogP contribution in [0.4, 0.5) is 0 Å². The van der Waals surface area contributed by atoms with E-state index in [1.165, 1.54) is 0 Å². The zero-order valence-electron chi connectivity index (χ0n) is 9.65. The summed E-state index contributed by atoms with van der Waals surface area (Å²) in [5.41, 5.74) is 0.985. The summed E-state index contributed by atoms with van der Waals surface area (Å²) >= 11 is 0. The van der Waals surface area contributed by atoms with E-state index in [1.807, 2.05) is 30.3 Å². The molecule has 0 aliphatic carbocycles. The minimum atomic E-state index is 0.276. The first kappa shape index (κ1) is 11.1. The van der Waals surface area contributed by atoms with Crippen LogP contribution in [-0.2, 0) is 4.74 Å². The van der Waals surface area contributed by atoms with Crippen LogP contribution in [0.2, 0.25) is 0 Å². The summed E-state index contributed by atoms with van der Waals surface area (Å²) in [4.78, 5) is 2.10. The molecular formula is C13H18N2O. The topological polar surface area (TPSA) is 36.3 Å². The van der Waals surface area contributed by atoms with Gasteiger partial charge in [0.25, 0.3) is 0 Å². The Kier molecular flexibility index (Phi) is 3.57. The average molecular weight is 218 g/mol. The van der Waals surface area contributed by atoms with E-state index in [2.05, 4.69) is 11.8 Å². The van der Waals surface area contributed by atoms with E-state index in [-0.39, 0.29) is 6.10 Å². The van der Waals surface area contributed by atoms with Gasteiger partial charge in [-0.05, 0) is 6.42 Å². The predicted octanol–water partition coefficient (Wildman–Crippen LogP) is 2.12. The molecule has 86 valence electrons. The van der Waals surface area contributed by atoms with Crippen LogP contribution in [0.15, 0.2) is 30.3 Å². The lowest BCUT2D eigenvalue weighted by atomic mass is 10.1. The molecule has 0 amide bonds. The maximum absolute atomic E-state index is 8.16. The molecule has 1 atom stereocenters. The van der Waals surface area contributed by atoms with Gasteiger partial charge < -0.3 is 9.64 Å². The standard InChI is InChI=1S/C13H18N2O/c1-2-12-10-15(8-9-16-12)13(14)11-6-4-3-5-7-11/h3-7,12,14H,2,8-10H2,1H3. The van der Waals surface area contributed by atoms with Gasteiger partial charge >= 0.3 is 0 Å². The number of amidine groups is 1. The Labute approximate surface area is 96.5 Å². The van der Waals surface area contributed by atoms with Crippen molar-refractivity contribution in [3.05, 3.63) is 35.9 Å². The maximum Gasteiger partial charge on any atom is 0.128 e. The number of morpholine rings is 1. The number of nitrogens with one attached hydrogen (secondary N) is 1. The molecule has 1 fully saturated rings. The molecular weight excluding hydrogens is 200 g/mol. The monoisotopic (exact) mass is 218 g/mol. The molecule has 1 heterocycles. The van der Waals surface area contributed by atoms with Crippen LogP contribution in [0.3, 0.4) is 0 Å². The first-order chi connectivity index (χ1) is 7.81. The molecule has 2 rings (SSSR count). The van der Waals surface area contributed by atoms with Crippen LogP contribution in [-0.4, -0.2) is 36.5 Å². The van der Waals surface area contributed by atoms with Gasteiger partial charge in [-0.2, -0.15) is 0 Å². The Bertz CT molecular complexity index is 350. The second-order valence-electron chi connectivity index (χ2n) is 4.06. The van der Waals surface area contributed by atoms with Crippen LogP contribution in [0, 0.1) is 5.41 Å². The minimum Gasteiger partial charge on any atom is -0.375 e. The lowest BCUT2D eigenvalue weighted by Crippen LogP contribution is -2.45. The van der Waals surface area contributed by atoms with E-state index >= 15 is 0 Å². The number of ether oxygens (including phenoxy) is 1. The summed E-state index contributed by atoms with van der Waals surface area (Å²) in [6, 6.07) is 9.89. The molecule has 1 saturated heterocycles. The van der Waals surface area contributed by atoms with Gasteiger partial charge in [0.15, 0.2) is 0 Å². The molecule has 0 aromatic heterocycles. The molecule has 0 saturated carbocycles. The van der Waals surface area contributed by atoms with Crippen LogP contribution < -0.4 is 0 Å². The van der Waals surface area contributed by atoms with Gasteiger partial charge in [-0.3, -0.25) is 5.41 Å². The summed E-state index contributed by atoms with van der Waals surface area (Å²) < 4.78 is 5.61. The molecule has 0 spiro atoms. The van der Waals surface area contributed by atoms with Crippen molar-refractivity contribution in [2.45, 2.75) is 19.4 Å². The van der Waals surface area contributed by atoms with Crippen LogP contribution in [0.25, 0.3) is 0 Å². The highest BCUT2D eigenvalue weighted by atomic mass is 16.5. The Morgan fingerprint density at radius 2 is 2.19 bits per heavy atom. The van der Waals surface area contributed by atoms with Crippen molar-refractivity contribution < 1.29 is 4.74 Å². The van der Waals surface area contributed by atoms with Crippen molar-refractivity contribution in [2.75, 3.05) is 19.7 Å². The zero-order chi connectivity index (χ0) is 11.4. The van der Waals surface area contributed by atoms with Crippen LogP contribution in [0.5, 0.6) is 0 Å². The summed E-state index contributed by atoms with van der Waals surface area (Å²) in [7, 11) is 0. The summed E-state index contributed by atoms with van der Waals surface area (Å²) in [5.74, 6) is 0.613. The highest BCUT2D eigenvalue weighted by molar-refractivity contribution is 5.96.